The Kier molecular flexibility index (Phi) is 3.71. The second kappa shape index (κ2) is 5.00. The Labute approximate surface area is 115 Å². The molecule has 104 valence electrons. The number of thiocarbonyl (C=S) groups is 1. The highest BCUT2D eigenvalue weighted by atomic mass is 32.1. The molecular formula is C13H15F3N2S. The Hall–Kier alpha value is -1.30. The maximum Gasteiger partial charge on any atom is 0.416 e. The van der Waals surface area contributed by atoms with Crippen molar-refractivity contribution >= 4 is 22.9 Å². The summed E-state index contributed by atoms with van der Waals surface area (Å²) in [5, 5.41) is 3.20. The van der Waals surface area contributed by atoms with Gasteiger partial charge >= 0.3 is 6.18 Å². The minimum atomic E-state index is -4.39. The number of alkyl halides is 3. The monoisotopic (exact) mass is 288 g/mol. The predicted molar refractivity (Wildman–Crippen MR) is 73.1 cm³/mol. The van der Waals surface area contributed by atoms with Gasteiger partial charge in [0.25, 0.3) is 0 Å². The Bertz CT molecular complexity index is 493. The molecule has 0 radical (unpaired) electrons. The standard InChI is InChI=1S/C13H15F3N2S/c1-7-4-9(5-7)18-11-3-2-8(13(14,15)16)6-10(11)12(17)19/h2-3,6-7,9,18H,4-5H2,1H3,(H2,17,19). The summed E-state index contributed by atoms with van der Waals surface area (Å²) in [4.78, 5) is -0.0269. The van der Waals surface area contributed by atoms with Gasteiger partial charge in [0.1, 0.15) is 4.99 Å². The van der Waals surface area contributed by atoms with E-state index < -0.39 is 11.7 Å². The number of hydrogen-bond acceptors (Lipinski definition) is 2. The SMILES string of the molecule is CC1CC(Nc2ccc(C(F)(F)F)cc2C(N)=S)C1. The largest absolute Gasteiger partial charge is 0.416 e. The molecule has 0 atom stereocenters. The molecule has 2 rings (SSSR count). The number of rotatable bonds is 3. The van der Waals surface area contributed by atoms with Crippen LogP contribution in [-0.4, -0.2) is 11.0 Å². The lowest BCUT2D eigenvalue weighted by Gasteiger charge is -2.34. The first-order valence-corrected chi connectivity index (χ1v) is 6.46. The van der Waals surface area contributed by atoms with Crippen LogP contribution in [0.1, 0.15) is 30.9 Å². The normalized spacial score (nSPS) is 22.7. The van der Waals surface area contributed by atoms with Crippen molar-refractivity contribution < 1.29 is 13.2 Å². The van der Waals surface area contributed by atoms with Crippen molar-refractivity contribution in [3.63, 3.8) is 0 Å². The molecule has 1 aromatic rings. The zero-order valence-corrected chi connectivity index (χ0v) is 11.2. The van der Waals surface area contributed by atoms with Crippen LogP contribution in [0.25, 0.3) is 0 Å². The highest BCUT2D eigenvalue weighted by molar-refractivity contribution is 7.80. The van der Waals surface area contributed by atoms with Gasteiger partial charge in [-0.05, 0) is 37.0 Å². The van der Waals surface area contributed by atoms with E-state index in [1.807, 2.05) is 0 Å². The van der Waals surface area contributed by atoms with Crippen molar-refractivity contribution in [3.8, 4) is 0 Å². The van der Waals surface area contributed by atoms with Crippen molar-refractivity contribution in [1.29, 1.82) is 0 Å². The van der Waals surface area contributed by atoms with Crippen LogP contribution < -0.4 is 11.1 Å². The smallest absolute Gasteiger partial charge is 0.389 e. The van der Waals surface area contributed by atoms with E-state index in [0.29, 0.717) is 17.6 Å². The van der Waals surface area contributed by atoms with Gasteiger partial charge in [0, 0.05) is 17.3 Å². The number of nitrogens with one attached hydrogen (secondary N) is 1. The van der Waals surface area contributed by atoms with E-state index in [2.05, 4.69) is 12.2 Å². The number of nitrogens with two attached hydrogens (primary N) is 1. The molecule has 0 bridgehead atoms. The van der Waals surface area contributed by atoms with Gasteiger partial charge in [-0.3, -0.25) is 0 Å². The van der Waals surface area contributed by atoms with Gasteiger partial charge in [-0.2, -0.15) is 13.2 Å². The molecule has 0 saturated heterocycles. The Morgan fingerprint density at radius 1 is 1.37 bits per heavy atom. The van der Waals surface area contributed by atoms with Crippen LogP contribution in [0.3, 0.4) is 0 Å². The molecule has 0 spiro atoms. The Morgan fingerprint density at radius 3 is 2.47 bits per heavy atom. The summed E-state index contributed by atoms with van der Waals surface area (Å²) in [5.74, 6) is 0.653. The van der Waals surface area contributed by atoms with Gasteiger partial charge in [-0.15, -0.1) is 0 Å². The molecule has 0 aromatic heterocycles. The van der Waals surface area contributed by atoms with Crippen molar-refractivity contribution in [2.45, 2.75) is 32.0 Å². The Morgan fingerprint density at radius 2 is 2.00 bits per heavy atom. The fraction of sp³-hybridized carbons (Fsp3) is 0.462. The predicted octanol–water partition coefficient (Wildman–Crippen LogP) is 3.55. The lowest BCUT2D eigenvalue weighted by Crippen LogP contribution is -2.34. The number of benzene rings is 1. The van der Waals surface area contributed by atoms with Crippen LogP contribution in [0, 0.1) is 5.92 Å². The van der Waals surface area contributed by atoms with Gasteiger partial charge in [0.2, 0.25) is 0 Å². The molecule has 2 nitrogen and oxygen atoms in total. The molecule has 0 aliphatic heterocycles. The maximum atomic E-state index is 12.6. The summed E-state index contributed by atoms with van der Waals surface area (Å²) >= 11 is 4.83. The third-order valence-corrected chi connectivity index (χ3v) is 3.57. The lowest BCUT2D eigenvalue weighted by atomic mass is 9.81. The highest BCUT2D eigenvalue weighted by Crippen LogP contribution is 2.34. The van der Waals surface area contributed by atoms with Crippen LogP contribution in [0.15, 0.2) is 18.2 Å². The van der Waals surface area contributed by atoms with E-state index >= 15 is 0 Å². The molecule has 1 saturated carbocycles. The Balaban J connectivity index is 2.25. The van der Waals surface area contributed by atoms with Crippen molar-refractivity contribution in [2.24, 2.45) is 11.7 Å². The van der Waals surface area contributed by atoms with Gasteiger partial charge in [-0.25, -0.2) is 0 Å². The third-order valence-electron chi connectivity index (χ3n) is 3.35. The molecule has 1 aliphatic carbocycles. The molecule has 3 N–H and O–H groups in total. The third kappa shape index (κ3) is 3.18. The summed E-state index contributed by atoms with van der Waals surface area (Å²) in [7, 11) is 0. The molecule has 0 unspecified atom stereocenters. The van der Waals surface area contributed by atoms with E-state index in [0.717, 1.165) is 25.0 Å². The summed E-state index contributed by atoms with van der Waals surface area (Å²) in [5.41, 5.74) is 5.61. The summed E-state index contributed by atoms with van der Waals surface area (Å²) in [6.07, 6.45) is -2.36. The number of anilines is 1. The number of hydrogen-bond donors (Lipinski definition) is 2. The van der Waals surface area contributed by atoms with E-state index in [1.165, 1.54) is 6.07 Å². The van der Waals surface area contributed by atoms with Crippen LogP contribution in [-0.2, 0) is 6.18 Å². The molecule has 1 aliphatic rings. The zero-order valence-electron chi connectivity index (χ0n) is 10.4. The second-order valence-electron chi connectivity index (χ2n) is 5.04. The van der Waals surface area contributed by atoms with E-state index in [-0.39, 0.29) is 10.6 Å². The fourth-order valence-corrected chi connectivity index (χ4v) is 2.46. The van der Waals surface area contributed by atoms with Crippen LogP contribution in [0.5, 0.6) is 0 Å². The average molecular weight is 288 g/mol. The highest BCUT2D eigenvalue weighted by Gasteiger charge is 2.32. The average Bonchev–Trinajstić information content (AvgIpc) is 2.25. The molecular weight excluding hydrogens is 273 g/mol. The first-order chi connectivity index (χ1) is 8.77. The molecule has 0 amide bonds. The summed E-state index contributed by atoms with van der Waals surface area (Å²) in [6, 6.07) is 3.75. The van der Waals surface area contributed by atoms with Crippen LogP contribution in [0.2, 0.25) is 0 Å². The minimum Gasteiger partial charge on any atom is -0.389 e. The van der Waals surface area contributed by atoms with Crippen molar-refractivity contribution in [3.05, 3.63) is 29.3 Å². The maximum absolute atomic E-state index is 12.6. The second-order valence-corrected chi connectivity index (χ2v) is 5.48. The van der Waals surface area contributed by atoms with Gasteiger partial charge < -0.3 is 11.1 Å². The van der Waals surface area contributed by atoms with Crippen molar-refractivity contribution in [2.75, 3.05) is 5.32 Å². The van der Waals surface area contributed by atoms with Gasteiger partial charge in [-0.1, -0.05) is 19.1 Å². The van der Waals surface area contributed by atoms with E-state index in [9.17, 15) is 13.2 Å². The fourth-order valence-electron chi connectivity index (χ4n) is 2.29. The first-order valence-electron chi connectivity index (χ1n) is 6.05. The van der Waals surface area contributed by atoms with E-state index in [4.69, 9.17) is 18.0 Å². The number of halogens is 3. The quantitative estimate of drug-likeness (QED) is 0.835. The van der Waals surface area contributed by atoms with Gasteiger partial charge in [0.05, 0.1) is 5.56 Å². The lowest BCUT2D eigenvalue weighted by molar-refractivity contribution is -0.137. The molecule has 19 heavy (non-hydrogen) atoms. The molecule has 1 fully saturated rings. The summed E-state index contributed by atoms with van der Waals surface area (Å²) in [6.45, 7) is 2.14. The first kappa shape index (κ1) is 14.1. The summed E-state index contributed by atoms with van der Waals surface area (Å²) < 4.78 is 37.9. The molecule has 1 aromatic carbocycles. The topological polar surface area (TPSA) is 38.0 Å². The van der Waals surface area contributed by atoms with Gasteiger partial charge in [0.15, 0.2) is 0 Å². The van der Waals surface area contributed by atoms with Crippen molar-refractivity contribution in [1.82, 2.24) is 0 Å². The van der Waals surface area contributed by atoms with Crippen LogP contribution in [0.4, 0.5) is 18.9 Å². The zero-order chi connectivity index (χ0) is 14.2. The van der Waals surface area contributed by atoms with E-state index in [1.54, 1.807) is 0 Å². The molecule has 0 heterocycles. The minimum absolute atomic E-state index is 0.0269. The molecule has 6 heteroatoms. The van der Waals surface area contributed by atoms with Crippen LogP contribution >= 0.6 is 12.2 Å².